The number of hydrogen-bond donors (Lipinski definition) is 1. The Morgan fingerprint density at radius 2 is 2.05 bits per heavy atom. The van der Waals surface area contributed by atoms with E-state index in [1.165, 1.54) is 13.0 Å². The Bertz CT molecular complexity index is 443. The largest absolute Gasteiger partial charge is 0.338 e. The number of nitrogens with zero attached hydrogens (tertiary/aromatic N) is 3. The van der Waals surface area contributed by atoms with Crippen molar-refractivity contribution < 1.29 is 4.52 Å². The summed E-state index contributed by atoms with van der Waals surface area (Å²) in [6, 6.07) is 0. The van der Waals surface area contributed by atoms with Crippen LogP contribution in [0.25, 0.3) is 0 Å². The minimum atomic E-state index is -0.0376. The van der Waals surface area contributed by atoms with Crippen LogP contribution in [0.3, 0.4) is 0 Å². The van der Waals surface area contributed by atoms with Crippen LogP contribution in [0, 0.1) is 11.8 Å². The fourth-order valence-electron chi connectivity index (χ4n) is 3.07. The summed E-state index contributed by atoms with van der Waals surface area (Å²) in [6.45, 7) is 11.8. The highest BCUT2D eigenvalue weighted by atomic mass is 35.5. The van der Waals surface area contributed by atoms with Gasteiger partial charge >= 0.3 is 0 Å². The predicted molar refractivity (Wildman–Crippen MR) is 80.0 cm³/mol. The number of nitrogens with one attached hydrogen (secondary N) is 1. The Hall–Kier alpha value is -0.650. The zero-order valence-corrected chi connectivity index (χ0v) is 13.4. The van der Waals surface area contributed by atoms with Crippen molar-refractivity contribution in [2.45, 2.75) is 39.2 Å². The summed E-state index contributed by atoms with van der Waals surface area (Å²) in [5, 5.41) is 7.59. The van der Waals surface area contributed by atoms with Crippen LogP contribution in [0.5, 0.6) is 0 Å². The Kier molecular flexibility index (Phi) is 4.72. The Morgan fingerprint density at radius 1 is 1.30 bits per heavy atom. The third-order valence-electron chi connectivity index (χ3n) is 4.29. The lowest BCUT2D eigenvalue weighted by atomic mass is 9.89. The molecule has 2 fully saturated rings. The molecular formula is C14H25ClN4O. The minimum absolute atomic E-state index is 0. The average Bonchev–Trinajstić information content (AvgIpc) is 2.95. The van der Waals surface area contributed by atoms with E-state index in [2.05, 4.69) is 41.1 Å². The predicted octanol–water partition coefficient (Wildman–Crippen LogP) is 1.83. The third-order valence-corrected chi connectivity index (χ3v) is 4.29. The first kappa shape index (κ1) is 15.7. The number of likely N-dealkylation sites (tertiary alicyclic amines) is 1. The summed E-state index contributed by atoms with van der Waals surface area (Å²) in [5.41, 5.74) is -0.0376. The smallest absolute Gasteiger partial charge is 0.240 e. The van der Waals surface area contributed by atoms with Gasteiger partial charge in [-0.3, -0.25) is 4.90 Å². The maximum absolute atomic E-state index is 5.39. The van der Waals surface area contributed by atoms with Crippen LogP contribution >= 0.6 is 12.4 Å². The van der Waals surface area contributed by atoms with Gasteiger partial charge in [-0.05, 0) is 37.9 Å². The highest BCUT2D eigenvalue weighted by molar-refractivity contribution is 5.85. The van der Waals surface area contributed by atoms with E-state index in [4.69, 9.17) is 4.52 Å². The number of fused-ring (bicyclic) bond motifs is 1. The lowest BCUT2D eigenvalue weighted by Gasteiger charge is -2.33. The SMILES string of the molecule is CC(C)(C)c1noc(CN2CCC3CNCC3C2)n1.Cl. The van der Waals surface area contributed by atoms with Gasteiger partial charge < -0.3 is 9.84 Å². The lowest BCUT2D eigenvalue weighted by molar-refractivity contribution is 0.128. The van der Waals surface area contributed by atoms with E-state index in [1.54, 1.807) is 0 Å². The molecule has 0 radical (unpaired) electrons. The monoisotopic (exact) mass is 300 g/mol. The van der Waals surface area contributed by atoms with Crippen molar-refractivity contribution in [1.29, 1.82) is 0 Å². The van der Waals surface area contributed by atoms with Crippen molar-refractivity contribution in [3.8, 4) is 0 Å². The highest BCUT2D eigenvalue weighted by Gasteiger charge is 2.33. The molecule has 0 saturated carbocycles. The van der Waals surface area contributed by atoms with Crippen LogP contribution in [0.1, 0.15) is 38.9 Å². The van der Waals surface area contributed by atoms with Crippen LogP contribution in [0.2, 0.25) is 0 Å². The standard InChI is InChI=1S/C14H24N4O.ClH/c1-14(2,3)13-16-12(19-17-13)9-18-5-4-10-6-15-7-11(10)8-18;/h10-11,15H,4-9H2,1-3H3;1H. The van der Waals surface area contributed by atoms with E-state index in [0.717, 1.165) is 49.7 Å². The van der Waals surface area contributed by atoms with Gasteiger partial charge in [0.1, 0.15) is 0 Å². The Labute approximate surface area is 126 Å². The van der Waals surface area contributed by atoms with Gasteiger partial charge in [-0.25, -0.2) is 0 Å². The van der Waals surface area contributed by atoms with E-state index in [-0.39, 0.29) is 17.8 Å². The first-order chi connectivity index (χ1) is 9.02. The maximum Gasteiger partial charge on any atom is 0.240 e. The van der Waals surface area contributed by atoms with Crippen molar-refractivity contribution in [1.82, 2.24) is 20.4 Å². The molecule has 2 atom stereocenters. The van der Waals surface area contributed by atoms with Crippen molar-refractivity contribution in [3.05, 3.63) is 11.7 Å². The zero-order valence-electron chi connectivity index (χ0n) is 12.6. The molecule has 0 aliphatic carbocycles. The van der Waals surface area contributed by atoms with Crippen molar-refractivity contribution in [2.24, 2.45) is 11.8 Å². The maximum atomic E-state index is 5.39. The molecule has 0 amide bonds. The molecule has 114 valence electrons. The van der Waals surface area contributed by atoms with Gasteiger partial charge in [-0.15, -0.1) is 12.4 Å². The molecule has 0 aromatic carbocycles. The molecule has 1 aromatic heterocycles. The Balaban J connectivity index is 0.00000147. The second-order valence-electron chi connectivity index (χ2n) is 6.96. The van der Waals surface area contributed by atoms with E-state index >= 15 is 0 Å². The number of hydrogen-bond acceptors (Lipinski definition) is 5. The molecule has 0 bridgehead atoms. The highest BCUT2D eigenvalue weighted by Crippen LogP contribution is 2.27. The molecule has 1 N–H and O–H groups in total. The summed E-state index contributed by atoms with van der Waals surface area (Å²) in [4.78, 5) is 6.98. The first-order valence-corrected chi connectivity index (χ1v) is 7.28. The average molecular weight is 301 g/mol. The molecule has 5 nitrogen and oxygen atoms in total. The van der Waals surface area contributed by atoms with Crippen LogP contribution in [0.4, 0.5) is 0 Å². The minimum Gasteiger partial charge on any atom is -0.338 e. The van der Waals surface area contributed by atoms with Gasteiger partial charge in [0.05, 0.1) is 6.54 Å². The quantitative estimate of drug-likeness (QED) is 0.903. The molecule has 1 aromatic rings. The molecule has 3 rings (SSSR count). The first-order valence-electron chi connectivity index (χ1n) is 7.28. The molecule has 6 heteroatoms. The van der Waals surface area contributed by atoms with E-state index < -0.39 is 0 Å². The molecule has 2 unspecified atom stereocenters. The van der Waals surface area contributed by atoms with Gasteiger partial charge in [-0.1, -0.05) is 25.9 Å². The molecular weight excluding hydrogens is 276 g/mol. The number of halogens is 1. The van der Waals surface area contributed by atoms with Crippen LogP contribution in [0.15, 0.2) is 4.52 Å². The van der Waals surface area contributed by atoms with Crippen LogP contribution in [-0.2, 0) is 12.0 Å². The molecule has 2 saturated heterocycles. The Morgan fingerprint density at radius 3 is 2.75 bits per heavy atom. The van der Waals surface area contributed by atoms with Gasteiger partial charge in [0.25, 0.3) is 0 Å². The van der Waals surface area contributed by atoms with E-state index in [9.17, 15) is 0 Å². The van der Waals surface area contributed by atoms with Crippen LogP contribution < -0.4 is 5.32 Å². The van der Waals surface area contributed by atoms with Gasteiger partial charge in [0.2, 0.25) is 5.89 Å². The van der Waals surface area contributed by atoms with Crippen LogP contribution in [-0.4, -0.2) is 41.2 Å². The molecule has 0 spiro atoms. The van der Waals surface area contributed by atoms with Gasteiger partial charge in [-0.2, -0.15) is 4.98 Å². The lowest BCUT2D eigenvalue weighted by Crippen LogP contribution is -2.39. The van der Waals surface area contributed by atoms with Gasteiger partial charge in [0, 0.05) is 12.0 Å². The fourth-order valence-corrected chi connectivity index (χ4v) is 3.07. The molecule has 3 heterocycles. The van der Waals surface area contributed by atoms with E-state index in [1.807, 2.05) is 0 Å². The number of aromatic nitrogens is 2. The van der Waals surface area contributed by atoms with Gasteiger partial charge in [0.15, 0.2) is 5.82 Å². The second kappa shape index (κ2) is 6.00. The molecule has 2 aliphatic heterocycles. The summed E-state index contributed by atoms with van der Waals surface area (Å²) < 4.78 is 5.39. The zero-order chi connectivity index (χ0) is 13.5. The summed E-state index contributed by atoms with van der Waals surface area (Å²) in [5.74, 6) is 3.25. The summed E-state index contributed by atoms with van der Waals surface area (Å²) in [7, 11) is 0. The van der Waals surface area contributed by atoms with E-state index in [0.29, 0.717) is 0 Å². The van der Waals surface area contributed by atoms with Crippen molar-refractivity contribution in [3.63, 3.8) is 0 Å². The van der Waals surface area contributed by atoms with Crippen molar-refractivity contribution >= 4 is 12.4 Å². The number of rotatable bonds is 2. The topological polar surface area (TPSA) is 54.2 Å². The fraction of sp³-hybridized carbons (Fsp3) is 0.857. The number of piperidine rings is 1. The molecule has 2 aliphatic rings. The molecule has 20 heavy (non-hydrogen) atoms. The third kappa shape index (κ3) is 3.32. The van der Waals surface area contributed by atoms with Crippen molar-refractivity contribution in [2.75, 3.05) is 26.2 Å². The summed E-state index contributed by atoms with van der Waals surface area (Å²) in [6.07, 6.45) is 1.29. The normalized spacial score (nSPS) is 27.1. The summed E-state index contributed by atoms with van der Waals surface area (Å²) >= 11 is 0. The second-order valence-corrected chi connectivity index (χ2v) is 6.96.